The lowest BCUT2D eigenvalue weighted by Gasteiger charge is -2.25. The molecule has 0 radical (unpaired) electrons. The van der Waals surface area contributed by atoms with Crippen LogP contribution in [0.15, 0.2) is 75.7 Å². The monoisotopic (exact) mass is 676 g/mol. The molecule has 3 aromatic carbocycles. The van der Waals surface area contributed by atoms with E-state index in [1.54, 1.807) is 51.3 Å². The van der Waals surface area contributed by atoms with Gasteiger partial charge in [-0.05, 0) is 81.7 Å². The van der Waals surface area contributed by atoms with Crippen molar-refractivity contribution in [2.24, 2.45) is 4.99 Å². The first-order valence-electron chi connectivity index (χ1n) is 15.1. The lowest BCUT2D eigenvalue weighted by atomic mass is 9.95. The standard InChI is InChI=1S/C36H37ClN2O7S/c1-8-44-35(41)31-22(5)38-36-39(32(31)25-12-13-27(46-20(2)3)28(18-25)42-6)34(40)30(47-36)17-24-15-26(37)33(29(16-24)43-7)45-19-23-11-9-10-21(4)14-23/h9-18,20,32H,8,19H2,1-7H3/b30-17-/t32-/m1/s1. The first-order chi connectivity index (χ1) is 22.5. The maximum atomic E-state index is 14.2. The van der Waals surface area contributed by atoms with Crippen LogP contribution in [0.1, 0.15) is 56.0 Å². The summed E-state index contributed by atoms with van der Waals surface area (Å²) in [5, 5.41) is 0.338. The van der Waals surface area contributed by atoms with Gasteiger partial charge in [0, 0.05) is 0 Å². The number of carbonyl (C=O) groups is 1. The van der Waals surface area contributed by atoms with E-state index in [2.05, 4.69) is 4.99 Å². The summed E-state index contributed by atoms with van der Waals surface area (Å²) >= 11 is 7.90. The zero-order valence-electron chi connectivity index (χ0n) is 27.4. The Morgan fingerprint density at radius 3 is 2.49 bits per heavy atom. The van der Waals surface area contributed by atoms with Gasteiger partial charge < -0.3 is 23.7 Å². The van der Waals surface area contributed by atoms with Gasteiger partial charge in [0.1, 0.15) is 6.61 Å². The van der Waals surface area contributed by atoms with E-state index in [9.17, 15) is 9.59 Å². The number of hydrogen-bond acceptors (Lipinski definition) is 9. The average molecular weight is 677 g/mol. The molecule has 1 aliphatic rings. The third-order valence-corrected chi connectivity index (χ3v) is 8.66. The summed E-state index contributed by atoms with van der Waals surface area (Å²) in [6.07, 6.45) is 1.65. The fourth-order valence-electron chi connectivity index (χ4n) is 5.38. The zero-order chi connectivity index (χ0) is 33.8. The molecule has 0 fully saturated rings. The van der Waals surface area contributed by atoms with Crippen LogP contribution in [-0.4, -0.2) is 37.5 Å². The van der Waals surface area contributed by atoms with Gasteiger partial charge in [0.05, 0.1) is 53.8 Å². The highest BCUT2D eigenvalue weighted by atomic mass is 35.5. The van der Waals surface area contributed by atoms with Gasteiger partial charge in [-0.1, -0.05) is 58.8 Å². The summed E-state index contributed by atoms with van der Waals surface area (Å²) < 4.78 is 30.6. The van der Waals surface area contributed by atoms with Gasteiger partial charge in [-0.15, -0.1) is 0 Å². The Morgan fingerprint density at radius 2 is 1.81 bits per heavy atom. The van der Waals surface area contributed by atoms with Crippen LogP contribution >= 0.6 is 22.9 Å². The van der Waals surface area contributed by atoms with Crippen LogP contribution in [0.4, 0.5) is 0 Å². The van der Waals surface area contributed by atoms with Crippen molar-refractivity contribution in [2.75, 3.05) is 20.8 Å². The third-order valence-electron chi connectivity index (χ3n) is 7.40. The number of thiazole rings is 1. The van der Waals surface area contributed by atoms with E-state index < -0.39 is 12.0 Å². The molecule has 11 heteroatoms. The molecule has 9 nitrogen and oxygen atoms in total. The van der Waals surface area contributed by atoms with Gasteiger partial charge in [-0.25, -0.2) is 9.79 Å². The van der Waals surface area contributed by atoms with Crippen molar-refractivity contribution in [1.82, 2.24) is 4.57 Å². The van der Waals surface area contributed by atoms with Crippen LogP contribution in [-0.2, 0) is 16.1 Å². The number of hydrogen-bond donors (Lipinski definition) is 0. The number of ether oxygens (including phenoxy) is 5. The average Bonchev–Trinajstić information content (AvgIpc) is 3.33. The molecular formula is C36H37ClN2O7S. The van der Waals surface area contributed by atoms with Crippen molar-refractivity contribution in [3.8, 4) is 23.0 Å². The van der Waals surface area contributed by atoms with Gasteiger partial charge in [-0.2, -0.15) is 0 Å². The number of fused-ring (bicyclic) bond motifs is 1. The number of aromatic nitrogens is 1. The topological polar surface area (TPSA) is 97.6 Å². The Bertz CT molecular complexity index is 2030. The quantitative estimate of drug-likeness (QED) is 0.176. The minimum atomic E-state index is -0.815. The van der Waals surface area contributed by atoms with Gasteiger partial charge in [0.15, 0.2) is 27.8 Å². The van der Waals surface area contributed by atoms with Crippen molar-refractivity contribution < 1.29 is 28.5 Å². The minimum absolute atomic E-state index is 0.0782. The molecule has 1 atom stereocenters. The Hall–Kier alpha value is -4.54. The normalized spacial score (nSPS) is 14.5. The van der Waals surface area contributed by atoms with E-state index >= 15 is 0 Å². The van der Waals surface area contributed by atoms with E-state index in [-0.39, 0.29) is 23.8 Å². The number of carbonyl (C=O) groups excluding carboxylic acids is 1. The molecule has 0 saturated heterocycles. The van der Waals surface area contributed by atoms with E-state index in [1.165, 1.54) is 23.0 Å². The molecule has 0 N–H and O–H groups in total. The second-order valence-electron chi connectivity index (χ2n) is 11.2. The van der Waals surface area contributed by atoms with Crippen LogP contribution in [0, 0.1) is 6.92 Å². The molecule has 0 saturated carbocycles. The molecule has 0 spiro atoms. The van der Waals surface area contributed by atoms with Crippen LogP contribution in [0.25, 0.3) is 6.08 Å². The Morgan fingerprint density at radius 1 is 1.04 bits per heavy atom. The molecule has 5 rings (SSSR count). The number of nitrogens with zero attached hydrogens (tertiary/aromatic N) is 2. The van der Waals surface area contributed by atoms with Gasteiger partial charge >= 0.3 is 5.97 Å². The summed E-state index contributed by atoms with van der Waals surface area (Å²) in [4.78, 5) is 32.6. The second-order valence-corrected chi connectivity index (χ2v) is 12.6. The number of aryl methyl sites for hydroxylation is 1. The lowest BCUT2D eigenvalue weighted by Crippen LogP contribution is -2.40. The molecule has 0 amide bonds. The summed E-state index contributed by atoms with van der Waals surface area (Å²) in [5.41, 5.74) is 3.80. The van der Waals surface area contributed by atoms with Crippen LogP contribution in [0.2, 0.25) is 5.02 Å². The molecular weight excluding hydrogens is 640 g/mol. The fourth-order valence-corrected chi connectivity index (χ4v) is 6.70. The SMILES string of the molecule is CCOC(=O)C1=C(C)N=c2s/c(=C\c3cc(Cl)c(OCc4cccc(C)c4)c(OC)c3)c(=O)n2[C@@H]1c1ccc(OC(C)C)c(OC)c1. The number of esters is 1. The molecule has 246 valence electrons. The van der Waals surface area contributed by atoms with Crippen molar-refractivity contribution in [1.29, 1.82) is 0 Å². The van der Waals surface area contributed by atoms with Crippen molar-refractivity contribution in [3.05, 3.63) is 113 Å². The highest BCUT2D eigenvalue weighted by Gasteiger charge is 2.34. The second kappa shape index (κ2) is 14.5. The molecule has 0 bridgehead atoms. The minimum Gasteiger partial charge on any atom is -0.493 e. The van der Waals surface area contributed by atoms with Gasteiger partial charge in [0.2, 0.25) is 0 Å². The van der Waals surface area contributed by atoms with Crippen molar-refractivity contribution in [2.45, 2.75) is 53.4 Å². The Balaban J connectivity index is 1.60. The first-order valence-corrected chi connectivity index (χ1v) is 16.3. The first kappa shape index (κ1) is 33.8. The van der Waals surface area contributed by atoms with E-state index in [1.807, 2.05) is 51.1 Å². The number of allylic oxidation sites excluding steroid dienone is 1. The molecule has 2 heterocycles. The maximum Gasteiger partial charge on any atom is 0.338 e. The smallest absolute Gasteiger partial charge is 0.338 e. The maximum absolute atomic E-state index is 14.2. The molecule has 0 unspecified atom stereocenters. The largest absolute Gasteiger partial charge is 0.493 e. The third kappa shape index (κ3) is 7.24. The molecule has 0 aliphatic carbocycles. The Kier molecular flexibility index (Phi) is 10.4. The van der Waals surface area contributed by atoms with Gasteiger partial charge in [0.25, 0.3) is 5.56 Å². The summed E-state index contributed by atoms with van der Waals surface area (Å²) in [6.45, 7) is 9.82. The molecule has 1 aromatic heterocycles. The van der Waals surface area contributed by atoms with Crippen LogP contribution in [0.3, 0.4) is 0 Å². The van der Waals surface area contributed by atoms with Crippen LogP contribution < -0.4 is 33.8 Å². The molecule has 1 aliphatic heterocycles. The summed E-state index contributed by atoms with van der Waals surface area (Å²) in [7, 11) is 3.08. The zero-order valence-corrected chi connectivity index (χ0v) is 29.0. The number of halogens is 1. The fraction of sp³-hybridized carbons (Fsp3) is 0.306. The highest BCUT2D eigenvalue weighted by molar-refractivity contribution is 7.07. The van der Waals surface area contributed by atoms with Crippen molar-refractivity contribution in [3.63, 3.8) is 0 Å². The van der Waals surface area contributed by atoms with E-state index in [4.69, 9.17) is 35.3 Å². The predicted molar refractivity (Wildman–Crippen MR) is 183 cm³/mol. The van der Waals surface area contributed by atoms with E-state index in [0.717, 1.165) is 11.1 Å². The van der Waals surface area contributed by atoms with E-state index in [0.29, 0.717) is 60.8 Å². The number of methoxy groups -OCH3 is 2. The predicted octanol–water partition coefficient (Wildman–Crippen LogP) is 6.14. The Labute approximate surface area is 282 Å². The lowest BCUT2D eigenvalue weighted by molar-refractivity contribution is -0.139. The van der Waals surface area contributed by atoms with Gasteiger partial charge in [-0.3, -0.25) is 9.36 Å². The van der Waals surface area contributed by atoms with Crippen LogP contribution in [0.5, 0.6) is 23.0 Å². The number of benzene rings is 3. The van der Waals surface area contributed by atoms with Crippen molar-refractivity contribution >= 4 is 35.0 Å². The number of rotatable bonds is 11. The highest BCUT2D eigenvalue weighted by Crippen LogP contribution is 2.38. The molecule has 4 aromatic rings. The molecule has 47 heavy (non-hydrogen) atoms. The summed E-state index contributed by atoms with van der Waals surface area (Å²) in [5.74, 6) is 1.31. The summed E-state index contributed by atoms with van der Waals surface area (Å²) in [6, 6.07) is 16.1.